The summed E-state index contributed by atoms with van der Waals surface area (Å²) >= 11 is 0. The van der Waals surface area contributed by atoms with Crippen molar-refractivity contribution in [3.8, 4) is 0 Å². The first-order valence-corrected chi connectivity index (χ1v) is 6.72. The number of carboxylic acid groups (broad SMARTS) is 1. The summed E-state index contributed by atoms with van der Waals surface area (Å²) in [6.07, 6.45) is 5.01. The minimum absolute atomic E-state index is 0.0632. The van der Waals surface area contributed by atoms with Crippen molar-refractivity contribution in [1.82, 2.24) is 9.88 Å². The summed E-state index contributed by atoms with van der Waals surface area (Å²) in [5.74, 6) is -0.581. The number of piperidine rings is 1. The van der Waals surface area contributed by atoms with E-state index in [1.54, 1.807) is 35.3 Å². The number of likely N-dealkylation sites (tertiary alicyclic amines) is 1. The Kier molecular flexibility index (Phi) is 4.55. The maximum atomic E-state index is 12.3. The fourth-order valence-corrected chi connectivity index (χ4v) is 2.45. The molecule has 1 aromatic heterocycles. The Balaban J connectivity index is 1.90. The molecule has 0 aliphatic carbocycles. The summed E-state index contributed by atoms with van der Waals surface area (Å²) in [4.78, 5) is 30.4. The third kappa shape index (κ3) is 3.46. The average Bonchev–Trinajstić information content (AvgIpc) is 2.47. The van der Waals surface area contributed by atoms with Crippen LogP contribution in [0.1, 0.15) is 19.3 Å². The molecule has 1 aliphatic heterocycles. The van der Waals surface area contributed by atoms with E-state index in [1.165, 1.54) is 0 Å². The van der Waals surface area contributed by atoms with Crippen LogP contribution >= 0.6 is 0 Å². The van der Waals surface area contributed by atoms with Crippen LogP contribution in [0.15, 0.2) is 24.5 Å². The molecule has 2 amide bonds. The molecule has 0 unspecified atom stereocenters. The van der Waals surface area contributed by atoms with Crippen molar-refractivity contribution in [2.24, 2.45) is 5.92 Å². The van der Waals surface area contributed by atoms with Gasteiger partial charge in [0.15, 0.2) is 0 Å². The van der Waals surface area contributed by atoms with Crippen LogP contribution in [0, 0.1) is 5.92 Å². The molecule has 2 rings (SSSR count). The van der Waals surface area contributed by atoms with Crippen LogP contribution in [0.5, 0.6) is 0 Å². The van der Waals surface area contributed by atoms with Crippen molar-refractivity contribution in [3.05, 3.63) is 24.5 Å². The summed E-state index contributed by atoms with van der Waals surface area (Å²) < 4.78 is 0. The van der Waals surface area contributed by atoms with E-state index in [-0.39, 0.29) is 18.4 Å². The Labute approximate surface area is 118 Å². The number of rotatable bonds is 3. The lowest BCUT2D eigenvalue weighted by atomic mass is 9.94. The number of anilines is 1. The highest BCUT2D eigenvalue weighted by atomic mass is 16.4. The van der Waals surface area contributed by atoms with Gasteiger partial charge in [-0.3, -0.25) is 14.7 Å². The quantitative estimate of drug-likeness (QED) is 0.914. The summed E-state index contributed by atoms with van der Waals surface area (Å²) in [6.45, 7) is 1.22. The summed E-state index contributed by atoms with van der Waals surface area (Å²) in [5, 5.41) is 8.78. The fourth-order valence-electron chi connectivity index (χ4n) is 2.45. The molecule has 0 saturated carbocycles. The smallest absolute Gasteiger partial charge is 0.324 e. The van der Waals surface area contributed by atoms with Crippen molar-refractivity contribution in [2.75, 3.05) is 25.0 Å². The van der Waals surface area contributed by atoms with Gasteiger partial charge in [-0.15, -0.1) is 0 Å². The molecule has 1 aromatic rings. The molecule has 1 saturated heterocycles. The Bertz CT molecular complexity index is 470. The van der Waals surface area contributed by atoms with Crippen LogP contribution in [0.3, 0.4) is 0 Å². The molecule has 108 valence electrons. The largest absolute Gasteiger partial charge is 0.481 e. The fraction of sp³-hybridized carbons (Fsp3) is 0.500. The van der Waals surface area contributed by atoms with E-state index >= 15 is 0 Å². The Morgan fingerprint density at radius 3 is 2.70 bits per heavy atom. The molecule has 2 heterocycles. The molecule has 1 fully saturated rings. The predicted molar refractivity (Wildman–Crippen MR) is 74.6 cm³/mol. The molecule has 0 aromatic carbocycles. The SMILES string of the molecule is CN(C(=O)N1CCC(CC(=O)O)CC1)c1cccnc1. The van der Waals surface area contributed by atoms with Gasteiger partial charge in [-0.05, 0) is 30.9 Å². The van der Waals surface area contributed by atoms with Crippen molar-refractivity contribution in [2.45, 2.75) is 19.3 Å². The number of hydrogen-bond donors (Lipinski definition) is 1. The van der Waals surface area contributed by atoms with Gasteiger partial charge in [0, 0.05) is 32.8 Å². The summed E-state index contributed by atoms with van der Waals surface area (Å²) in [7, 11) is 1.72. The first-order chi connectivity index (χ1) is 9.58. The second-order valence-electron chi connectivity index (χ2n) is 5.08. The van der Waals surface area contributed by atoms with E-state index < -0.39 is 5.97 Å². The van der Waals surface area contributed by atoms with E-state index in [4.69, 9.17) is 5.11 Å². The highest BCUT2D eigenvalue weighted by molar-refractivity contribution is 5.91. The molecular weight excluding hydrogens is 258 g/mol. The molecule has 0 spiro atoms. The highest BCUT2D eigenvalue weighted by Gasteiger charge is 2.26. The van der Waals surface area contributed by atoms with E-state index in [0.717, 1.165) is 18.5 Å². The van der Waals surface area contributed by atoms with Crippen LogP contribution < -0.4 is 4.90 Å². The monoisotopic (exact) mass is 277 g/mol. The zero-order valence-electron chi connectivity index (χ0n) is 11.5. The van der Waals surface area contributed by atoms with Crippen molar-refractivity contribution >= 4 is 17.7 Å². The first-order valence-electron chi connectivity index (χ1n) is 6.72. The molecule has 0 radical (unpaired) electrons. The predicted octanol–water partition coefficient (Wildman–Crippen LogP) is 1.82. The number of carbonyl (C=O) groups is 2. The van der Waals surface area contributed by atoms with Crippen LogP contribution in [0.4, 0.5) is 10.5 Å². The lowest BCUT2D eigenvalue weighted by Crippen LogP contribution is -2.45. The van der Waals surface area contributed by atoms with E-state index in [1.807, 2.05) is 6.07 Å². The molecule has 6 nitrogen and oxygen atoms in total. The maximum absolute atomic E-state index is 12.3. The van der Waals surface area contributed by atoms with Crippen LogP contribution in [-0.2, 0) is 4.79 Å². The summed E-state index contributed by atoms with van der Waals surface area (Å²) in [5.41, 5.74) is 0.755. The molecule has 20 heavy (non-hydrogen) atoms. The van der Waals surface area contributed by atoms with Gasteiger partial charge in [0.25, 0.3) is 0 Å². The number of urea groups is 1. The number of aliphatic carboxylic acids is 1. The topological polar surface area (TPSA) is 73.7 Å². The standard InChI is InChI=1S/C14H19N3O3/c1-16(12-3-2-6-15-10-12)14(20)17-7-4-11(5-8-17)9-13(18)19/h2-3,6,10-11H,4-5,7-9H2,1H3,(H,18,19). The number of aromatic nitrogens is 1. The van der Waals surface area contributed by atoms with Gasteiger partial charge >= 0.3 is 12.0 Å². The van der Waals surface area contributed by atoms with E-state index in [2.05, 4.69) is 4.98 Å². The third-order valence-electron chi connectivity index (χ3n) is 3.67. The lowest BCUT2D eigenvalue weighted by molar-refractivity contribution is -0.138. The number of nitrogens with zero attached hydrogens (tertiary/aromatic N) is 3. The molecule has 0 bridgehead atoms. The van der Waals surface area contributed by atoms with E-state index in [9.17, 15) is 9.59 Å². The van der Waals surface area contributed by atoms with E-state index in [0.29, 0.717) is 13.1 Å². The molecule has 1 N–H and O–H groups in total. The Morgan fingerprint density at radius 1 is 1.45 bits per heavy atom. The second-order valence-corrected chi connectivity index (χ2v) is 5.08. The van der Waals surface area contributed by atoms with Gasteiger partial charge in [-0.25, -0.2) is 4.79 Å². The van der Waals surface area contributed by atoms with Crippen LogP contribution in [0.25, 0.3) is 0 Å². The van der Waals surface area contributed by atoms with Crippen LogP contribution in [0.2, 0.25) is 0 Å². The van der Waals surface area contributed by atoms with Gasteiger partial charge in [0.05, 0.1) is 11.9 Å². The maximum Gasteiger partial charge on any atom is 0.324 e. The number of pyridine rings is 1. The third-order valence-corrected chi connectivity index (χ3v) is 3.67. The number of amides is 2. The molecule has 6 heteroatoms. The molecular formula is C14H19N3O3. The number of carbonyl (C=O) groups excluding carboxylic acids is 1. The number of hydrogen-bond acceptors (Lipinski definition) is 3. The minimum atomic E-state index is -0.762. The van der Waals surface area contributed by atoms with Gasteiger partial charge in [0.1, 0.15) is 0 Å². The van der Waals surface area contributed by atoms with Gasteiger partial charge in [-0.2, -0.15) is 0 Å². The molecule has 0 atom stereocenters. The normalized spacial score (nSPS) is 15.9. The van der Waals surface area contributed by atoms with Crippen molar-refractivity contribution < 1.29 is 14.7 Å². The van der Waals surface area contributed by atoms with Crippen molar-refractivity contribution in [1.29, 1.82) is 0 Å². The number of carboxylic acids is 1. The average molecular weight is 277 g/mol. The van der Waals surface area contributed by atoms with Crippen LogP contribution in [-0.4, -0.2) is 47.1 Å². The van der Waals surface area contributed by atoms with Gasteiger partial charge in [0.2, 0.25) is 0 Å². The lowest BCUT2D eigenvalue weighted by Gasteiger charge is -2.34. The minimum Gasteiger partial charge on any atom is -0.481 e. The van der Waals surface area contributed by atoms with Gasteiger partial charge in [-0.1, -0.05) is 0 Å². The summed E-state index contributed by atoms with van der Waals surface area (Å²) in [6, 6.07) is 3.56. The second kappa shape index (κ2) is 6.36. The Hall–Kier alpha value is -2.11. The van der Waals surface area contributed by atoms with Crippen molar-refractivity contribution in [3.63, 3.8) is 0 Å². The highest BCUT2D eigenvalue weighted by Crippen LogP contribution is 2.22. The van der Waals surface area contributed by atoms with Gasteiger partial charge < -0.3 is 10.0 Å². The first kappa shape index (κ1) is 14.3. The Morgan fingerprint density at radius 2 is 2.15 bits per heavy atom. The zero-order valence-corrected chi connectivity index (χ0v) is 11.5. The zero-order chi connectivity index (χ0) is 14.5. The molecule has 1 aliphatic rings.